The Morgan fingerprint density at radius 3 is 2.24 bits per heavy atom. The zero-order chi connectivity index (χ0) is 23.9. The van der Waals surface area contributed by atoms with Crippen LogP contribution in [0.25, 0.3) is 22.3 Å². The summed E-state index contributed by atoms with van der Waals surface area (Å²) in [6.45, 7) is 1.20. The number of nitrogen functional groups attached to an aromatic ring is 2. The lowest BCUT2D eigenvalue weighted by molar-refractivity contribution is 0.279. The van der Waals surface area contributed by atoms with Crippen molar-refractivity contribution in [2.75, 3.05) is 13.2 Å². The van der Waals surface area contributed by atoms with Crippen LogP contribution >= 0.6 is 0 Å². The Bertz CT molecular complexity index is 1290. The van der Waals surface area contributed by atoms with Gasteiger partial charge < -0.3 is 25.4 Å². The highest BCUT2D eigenvalue weighted by Gasteiger charge is 2.09. The van der Waals surface area contributed by atoms with E-state index < -0.39 is 0 Å². The second-order valence-electron chi connectivity index (χ2n) is 7.97. The molecular formula is C27H28N4O3. The van der Waals surface area contributed by atoms with Gasteiger partial charge in [0, 0.05) is 16.5 Å². The number of amidine groups is 2. The summed E-state index contributed by atoms with van der Waals surface area (Å²) in [6, 6.07) is 22.6. The molecule has 4 aromatic rings. The van der Waals surface area contributed by atoms with Gasteiger partial charge in [-0.05, 0) is 79.9 Å². The van der Waals surface area contributed by atoms with Crippen molar-refractivity contribution in [3.05, 3.63) is 83.9 Å². The fraction of sp³-hybridized carbons (Fsp3) is 0.185. The van der Waals surface area contributed by atoms with Gasteiger partial charge in [-0.15, -0.1) is 0 Å². The zero-order valence-corrected chi connectivity index (χ0v) is 18.8. The number of rotatable bonds is 11. The summed E-state index contributed by atoms with van der Waals surface area (Å²) >= 11 is 0. The van der Waals surface area contributed by atoms with Crippen molar-refractivity contribution in [3.63, 3.8) is 0 Å². The molecule has 0 amide bonds. The standard InChI is InChI=1S/C27H28N4O3/c28-26(29)19-10-13-23-20(16-19)17-25(34-23)18-8-11-21(12-9-18)32-14-4-1-5-15-33-24-7-3-2-6-22(24)27(30)31/h2-3,6-13,16-17H,1,4-5,14-15H2,(H3,28,29)(H3,30,31). The number of unbranched alkanes of at least 4 members (excludes halogenated alkanes) is 2. The number of hydrogen-bond donors (Lipinski definition) is 4. The number of hydrogen-bond acceptors (Lipinski definition) is 5. The van der Waals surface area contributed by atoms with Crippen LogP contribution in [0.5, 0.6) is 11.5 Å². The topological polar surface area (TPSA) is 131 Å². The van der Waals surface area contributed by atoms with E-state index in [0.717, 1.165) is 47.3 Å². The first-order valence-corrected chi connectivity index (χ1v) is 11.2. The minimum Gasteiger partial charge on any atom is -0.494 e. The van der Waals surface area contributed by atoms with E-state index >= 15 is 0 Å². The van der Waals surface area contributed by atoms with E-state index in [-0.39, 0.29) is 11.7 Å². The average Bonchev–Trinajstić information content (AvgIpc) is 3.27. The molecule has 0 aliphatic carbocycles. The van der Waals surface area contributed by atoms with Crippen molar-refractivity contribution in [2.24, 2.45) is 11.5 Å². The van der Waals surface area contributed by atoms with Crippen molar-refractivity contribution in [2.45, 2.75) is 19.3 Å². The Morgan fingerprint density at radius 2 is 1.50 bits per heavy atom. The van der Waals surface area contributed by atoms with Crippen molar-refractivity contribution in [3.8, 4) is 22.8 Å². The fourth-order valence-corrected chi connectivity index (χ4v) is 3.64. The Morgan fingerprint density at radius 1 is 0.765 bits per heavy atom. The third-order valence-electron chi connectivity index (χ3n) is 5.46. The molecule has 1 aromatic heterocycles. The highest BCUT2D eigenvalue weighted by molar-refractivity contribution is 5.99. The van der Waals surface area contributed by atoms with Crippen molar-refractivity contribution in [1.29, 1.82) is 10.8 Å². The molecule has 174 valence electrons. The number of furan rings is 1. The van der Waals surface area contributed by atoms with Crippen LogP contribution < -0.4 is 20.9 Å². The third-order valence-corrected chi connectivity index (χ3v) is 5.46. The molecule has 3 aromatic carbocycles. The molecule has 0 spiro atoms. The lowest BCUT2D eigenvalue weighted by atomic mass is 10.1. The smallest absolute Gasteiger partial charge is 0.135 e. The van der Waals surface area contributed by atoms with E-state index in [9.17, 15) is 0 Å². The van der Waals surface area contributed by atoms with Crippen LogP contribution in [-0.2, 0) is 0 Å². The van der Waals surface area contributed by atoms with Crippen molar-refractivity contribution < 1.29 is 13.9 Å². The summed E-state index contributed by atoms with van der Waals surface area (Å²) in [5.41, 5.74) is 14.2. The summed E-state index contributed by atoms with van der Waals surface area (Å²) in [5, 5.41) is 16.1. The van der Waals surface area contributed by atoms with Crippen LogP contribution in [0.2, 0.25) is 0 Å². The molecule has 7 heteroatoms. The summed E-state index contributed by atoms with van der Waals surface area (Å²) < 4.78 is 17.6. The number of para-hydroxylation sites is 1. The lowest BCUT2D eigenvalue weighted by Crippen LogP contribution is -2.13. The molecule has 0 unspecified atom stereocenters. The van der Waals surface area contributed by atoms with Crippen LogP contribution in [0.3, 0.4) is 0 Å². The van der Waals surface area contributed by atoms with Crippen molar-refractivity contribution >= 4 is 22.6 Å². The molecule has 6 N–H and O–H groups in total. The molecule has 7 nitrogen and oxygen atoms in total. The largest absolute Gasteiger partial charge is 0.494 e. The Hall–Kier alpha value is -4.26. The lowest BCUT2D eigenvalue weighted by Gasteiger charge is -2.10. The Labute approximate surface area is 198 Å². The minimum absolute atomic E-state index is 0.0115. The maximum absolute atomic E-state index is 7.60. The van der Waals surface area contributed by atoms with Gasteiger partial charge in [0.05, 0.1) is 18.8 Å². The van der Waals surface area contributed by atoms with E-state index in [1.54, 1.807) is 12.1 Å². The summed E-state index contributed by atoms with van der Waals surface area (Å²) in [5.74, 6) is 2.27. The highest BCUT2D eigenvalue weighted by atomic mass is 16.5. The normalized spacial score (nSPS) is 10.8. The molecule has 1 heterocycles. The van der Waals surface area contributed by atoms with Gasteiger partial charge in [-0.1, -0.05) is 12.1 Å². The second kappa shape index (κ2) is 10.6. The number of nitrogens with two attached hydrogens (primary N) is 2. The van der Waals surface area contributed by atoms with E-state index in [2.05, 4.69) is 0 Å². The average molecular weight is 457 g/mol. The second-order valence-corrected chi connectivity index (χ2v) is 7.97. The predicted octanol–water partition coefficient (Wildman–Crippen LogP) is 5.30. The summed E-state index contributed by atoms with van der Waals surface area (Å²) in [7, 11) is 0. The van der Waals surface area contributed by atoms with Gasteiger partial charge in [0.25, 0.3) is 0 Å². The summed E-state index contributed by atoms with van der Waals surface area (Å²) in [6.07, 6.45) is 2.79. The number of ether oxygens (including phenoxy) is 2. The third kappa shape index (κ3) is 5.56. The van der Waals surface area contributed by atoms with Gasteiger partial charge >= 0.3 is 0 Å². The number of nitrogens with one attached hydrogen (secondary N) is 2. The minimum atomic E-state index is 0.0115. The van der Waals surface area contributed by atoms with Gasteiger partial charge in [-0.25, -0.2) is 0 Å². The quantitative estimate of drug-likeness (QED) is 0.138. The maximum atomic E-state index is 7.60. The SMILES string of the molecule is N=C(N)c1ccc2oc(-c3ccc(OCCCCCOc4ccccc4C(=N)N)cc3)cc2c1. The van der Waals surface area contributed by atoms with E-state index in [1.807, 2.05) is 60.7 Å². The first kappa shape index (κ1) is 22.9. The van der Waals surface area contributed by atoms with Gasteiger partial charge in [0.2, 0.25) is 0 Å². The first-order valence-electron chi connectivity index (χ1n) is 11.2. The van der Waals surface area contributed by atoms with Crippen LogP contribution in [0.15, 0.2) is 77.2 Å². The Balaban J connectivity index is 1.21. The van der Waals surface area contributed by atoms with Crippen LogP contribution in [-0.4, -0.2) is 24.9 Å². The molecule has 0 saturated heterocycles. The Kier molecular flexibility index (Phi) is 7.13. The maximum Gasteiger partial charge on any atom is 0.135 e. The monoisotopic (exact) mass is 456 g/mol. The summed E-state index contributed by atoms with van der Waals surface area (Å²) in [4.78, 5) is 0. The number of benzene rings is 3. The molecule has 0 aliphatic rings. The molecule has 0 aliphatic heterocycles. The zero-order valence-electron chi connectivity index (χ0n) is 18.8. The highest BCUT2D eigenvalue weighted by Crippen LogP contribution is 2.29. The molecule has 0 atom stereocenters. The first-order chi connectivity index (χ1) is 16.5. The molecule has 4 rings (SSSR count). The fourth-order valence-electron chi connectivity index (χ4n) is 3.64. The molecular weight excluding hydrogens is 428 g/mol. The van der Waals surface area contributed by atoms with E-state index in [4.69, 9.17) is 36.2 Å². The predicted molar refractivity (Wildman–Crippen MR) is 135 cm³/mol. The molecule has 34 heavy (non-hydrogen) atoms. The van der Waals surface area contributed by atoms with Gasteiger partial charge in [-0.3, -0.25) is 10.8 Å². The van der Waals surface area contributed by atoms with E-state index in [0.29, 0.717) is 30.1 Å². The van der Waals surface area contributed by atoms with E-state index in [1.165, 1.54) is 0 Å². The number of fused-ring (bicyclic) bond motifs is 1. The van der Waals surface area contributed by atoms with Crippen LogP contribution in [0.1, 0.15) is 30.4 Å². The van der Waals surface area contributed by atoms with Gasteiger partial charge in [-0.2, -0.15) is 0 Å². The van der Waals surface area contributed by atoms with Crippen LogP contribution in [0, 0.1) is 10.8 Å². The molecule has 0 radical (unpaired) electrons. The van der Waals surface area contributed by atoms with Gasteiger partial charge in [0.15, 0.2) is 0 Å². The van der Waals surface area contributed by atoms with Crippen LogP contribution in [0.4, 0.5) is 0 Å². The molecule has 0 saturated carbocycles. The van der Waals surface area contributed by atoms with Crippen molar-refractivity contribution in [1.82, 2.24) is 0 Å². The molecule has 0 fully saturated rings. The molecule has 0 bridgehead atoms. The van der Waals surface area contributed by atoms with Gasteiger partial charge in [0.1, 0.15) is 34.5 Å².